The molecule has 3 aromatic heterocycles. The van der Waals surface area contributed by atoms with Crippen LogP contribution in [-0.2, 0) is 16.6 Å². The van der Waals surface area contributed by atoms with Gasteiger partial charge in [-0.25, -0.2) is 18.1 Å². The fraction of sp³-hybridized carbons (Fsp3) is 0.226. The van der Waals surface area contributed by atoms with E-state index < -0.39 is 21.2 Å². The first-order valence-corrected chi connectivity index (χ1v) is 16.2. The van der Waals surface area contributed by atoms with E-state index >= 15 is 0 Å². The Kier molecular flexibility index (Phi) is 9.28. The third-order valence-electron chi connectivity index (χ3n) is 6.74. The topological polar surface area (TPSA) is 165 Å². The predicted molar refractivity (Wildman–Crippen MR) is 175 cm³/mol. The van der Waals surface area contributed by atoms with E-state index in [1.165, 1.54) is 13.8 Å². The molecule has 13 heteroatoms. The van der Waals surface area contributed by atoms with Crippen molar-refractivity contribution in [2.24, 2.45) is 5.73 Å². The summed E-state index contributed by atoms with van der Waals surface area (Å²) in [6.07, 6.45) is 1.68. The van der Waals surface area contributed by atoms with Gasteiger partial charge in [0.15, 0.2) is 0 Å². The number of rotatable bonds is 11. The molecule has 11 nitrogen and oxygen atoms in total. The number of amides is 1. The Morgan fingerprint density at radius 1 is 1.09 bits per heavy atom. The number of hydrogen-bond donors (Lipinski definition) is 4. The normalized spacial score (nSPS) is 11.6. The Labute approximate surface area is 263 Å². The Morgan fingerprint density at radius 2 is 1.91 bits per heavy atom. The predicted octanol–water partition coefficient (Wildman–Crippen LogP) is 5.18. The number of fused-ring (bicyclic) bond motifs is 1. The Hall–Kier alpha value is -4.33. The van der Waals surface area contributed by atoms with Crippen molar-refractivity contribution in [2.75, 3.05) is 18.5 Å². The van der Waals surface area contributed by atoms with Crippen molar-refractivity contribution in [1.29, 1.82) is 0 Å². The molecule has 5 aromatic rings. The molecule has 2 aromatic carbocycles. The summed E-state index contributed by atoms with van der Waals surface area (Å²) in [4.78, 5) is 30.3. The second-order valence-corrected chi connectivity index (χ2v) is 13.5. The van der Waals surface area contributed by atoms with Crippen LogP contribution in [0.15, 0.2) is 71.3 Å². The van der Waals surface area contributed by atoms with E-state index in [4.69, 9.17) is 20.4 Å². The quantitative estimate of drug-likeness (QED) is 0.147. The average Bonchev–Trinajstić information content (AvgIpc) is 3.43. The van der Waals surface area contributed by atoms with Gasteiger partial charge in [0, 0.05) is 33.3 Å². The summed E-state index contributed by atoms with van der Waals surface area (Å²) in [6, 6.07) is 18.7. The van der Waals surface area contributed by atoms with Crippen molar-refractivity contribution in [3.05, 3.63) is 88.4 Å². The number of H-pyrrole nitrogens is 1. The van der Waals surface area contributed by atoms with E-state index in [1.54, 1.807) is 24.4 Å². The Balaban J connectivity index is 1.46. The zero-order valence-corrected chi connectivity index (χ0v) is 26.8. The van der Waals surface area contributed by atoms with E-state index in [0.717, 1.165) is 33.5 Å². The van der Waals surface area contributed by atoms with Crippen molar-refractivity contribution in [1.82, 2.24) is 24.7 Å². The molecule has 5 rings (SSSR count). The Bertz CT molecular complexity index is 1940. The maximum atomic E-state index is 12.8. The molecular weight excluding hydrogens is 646 g/mol. The van der Waals surface area contributed by atoms with Crippen molar-refractivity contribution < 1.29 is 17.9 Å². The molecule has 228 valence electrons. The number of imidazole rings is 1. The molecule has 0 radical (unpaired) electrons. The van der Waals surface area contributed by atoms with Crippen LogP contribution in [0.3, 0.4) is 0 Å². The number of aromatic amines is 1. The number of nitrogens with two attached hydrogens (primary N) is 1. The molecule has 1 amide bonds. The van der Waals surface area contributed by atoms with Gasteiger partial charge in [-0.3, -0.25) is 14.8 Å². The van der Waals surface area contributed by atoms with Gasteiger partial charge in [-0.2, -0.15) is 0 Å². The van der Waals surface area contributed by atoms with Crippen LogP contribution in [0.25, 0.3) is 33.5 Å². The van der Waals surface area contributed by atoms with Crippen molar-refractivity contribution in [3.63, 3.8) is 0 Å². The number of ether oxygens (including phenoxy) is 1. The molecule has 44 heavy (non-hydrogen) atoms. The largest absolute Gasteiger partial charge is 0.491 e. The maximum absolute atomic E-state index is 12.8. The van der Waals surface area contributed by atoms with Gasteiger partial charge in [0.2, 0.25) is 10.0 Å². The number of hydrogen-bond acceptors (Lipinski definition) is 9. The van der Waals surface area contributed by atoms with Crippen LogP contribution in [0.2, 0.25) is 0 Å². The van der Waals surface area contributed by atoms with Crippen LogP contribution in [0, 0.1) is 6.92 Å². The van der Waals surface area contributed by atoms with E-state index in [0.29, 0.717) is 40.6 Å². The lowest BCUT2D eigenvalue weighted by atomic mass is 10.1. The number of halogens is 1. The molecule has 0 saturated carbocycles. The second kappa shape index (κ2) is 13.1. The van der Waals surface area contributed by atoms with Gasteiger partial charge in [0.1, 0.15) is 18.2 Å². The summed E-state index contributed by atoms with van der Waals surface area (Å²) < 4.78 is 32.8. The van der Waals surface area contributed by atoms with Crippen LogP contribution >= 0.6 is 15.9 Å². The van der Waals surface area contributed by atoms with Crippen LogP contribution in [0.5, 0.6) is 5.75 Å². The smallest absolute Gasteiger partial charge is 0.265 e. The molecule has 0 aliphatic heterocycles. The number of nitrogens with one attached hydrogen (secondary N) is 3. The van der Waals surface area contributed by atoms with Gasteiger partial charge in [0.25, 0.3) is 5.91 Å². The number of sulfonamides is 1. The van der Waals surface area contributed by atoms with Gasteiger partial charge in [-0.1, -0.05) is 12.1 Å². The molecular formula is C31H32BrN7O4S. The maximum Gasteiger partial charge on any atom is 0.265 e. The summed E-state index contributed by atoms with van der Waals surface area (Å²) in [6.45, 7) is 6.03. The number of nitrogens with zero attached hydrogens (tertiary/aromatic N) is 3. The number of carbonyl (C=O) groups excluding carboxylic acids is 1. The standard InChI is InChI=1S/C31H32BrN7O4S/c1-18(2)44(41,42)39-31(40)24-15-22(8-9-25(24)32)34-17-28-37-29(30(38-28)27-6-4-5-19(3)36-27)20-7-10-26-21(13-20)14-23(16-35-26)43-12-11-33/h4-10,13-16,18,34H,11-12,17,33H2,1-3H3,(H,37,38)(H,39,40). The first kappa shape index (κ1) is 31.1. The third kappa shape index (κ3) is 7.07. The fourth-order valence-electron chi connectivity index (χ4n) is 4.39. The summed E-state index contributed by atoms with van der Waals surface area (Å²) in [5.74, 6) is 0.550. The van der Waals surface area contributed by atoms with Crippen LogP contribution in [-0.4, -0.2) is 52.7 Å². The van der Waals surface area contributed by atoms with Crippen LogP contribution in [0.1, 0.15) is 35.7 Å². The summed E-state index contributed by atoms with van der Waals surface area (Å²) in [7, 11) is -3.79. The van der Waals surface area contributed by atoms with Crippen molar-refractivity contribution >= 4 is 48.5 Å². The van der Waals surface area contributed by atoms with Crippen molar-refractivity contribution in [3.8, 4) is 28.4 Å². The monoisotopic (exact) mass is 677 g/mol. The molecule has 0 bridgehead atoms. The SMILES string of the molecule is Cc1cccc(-c2[nH]c(CNc3ccc(Br)c(C(=O)NS(=O)(=O)C(C)C)c3)nc2-c2ccc3ncc(OCCN)cc3c2)n1. The number of pyridine rings is 2. The second-order valence-electron chi connectivity index (χ2n) is 10.4. The minimum absolute atomic E-state index is 0.184. The summed E-state index contributed by atoms with van der Waals surface area (Å²) in [5.41, 5.74) is 11.1. The minimum atomic E-state index is -3.79. The van der Waals surface area contributed by atoms with Gasteiger partial charge < -0.3 is 20.8 Å². The summed E-state index contributed by atoms with van der Waals surface area (Å²) >= 11 is 3.35. The van der Waals surface area contributed by atoms with Crippen LogP contribution < -0.4 is 20.5 Å². The Morgan fingerprint density at radius 3 is 2.66 bits per heavy atom. The van der Waals surface area contributed by atoms with Gasteiger partial charge in [-0.05, 0) is 85.2 Å². The molecule has 0 atom stereocenters. The highest BCUT2D eigenvalue weighted by atomic mass is 79.9. The van der Waals surface area contributed by atoms with Gasteiger partial charge >= 0.3 is 0 Å². The molecule has 0 spiro atoms. The fourth-order valence-corrected chi connectivity index (χ4v) is 5.42. The third-order valence-corrected chi connectivity index (χ3v) is 9.14. The first-order chi connectivity index (χ1) is 21.0. The number of aromatic nitrogens is 4. The number of anilines is 1. The lowest BCUT2D eigenvalue weighted by Gasteiger charge is -2.12. The first-order valence-electron chi connectivity index (χ1n) is 13.9. The molecule has 5 N–H and O–H groups in total. The van der Waals surface area contributed by atoms with E-state index in [-0.39, 0.29) is 12.1 Å². The summed E-state index contributed by atoms with van der Waals surface area (Å²) in [5, 5.41) is 3.42. The molecule has 0 saturated heterocycles. The average molecular weight is 679 g/mol. The molecule has 0 aliphatic carbocycles. The number of carbonyl (C=O) groups is 1. The van der Waals surface area contributed by atoms with Crippen LogP contribution in [0.4, 0.5) is 5.69 Å². The molecule has 3 heterocycles. The number of benzene rings is 2. The van der Waals surface area contributed by atoms with E-state index in [2.05, 4.69) is 35.9 Å². The highest BCUT2D eigenvalue weighted by Crippen LogP contribution is 2.32. The van der Waals surface area contributed by atoms with Crippen molar-refractivity contribution in [2.45, 2.75) is 32.6 Å². The highest BCUT2D eigenvalue weighted by Gasteiger charge is 2.22. The molecule has 0 unspecified atom stereocenters. The van der Waals surface area contributed by atoms with Gasteiger partial charge in [-0.15, -0.1) is 0 Å². The minimum Gasteiger partial charge on any atom is -0.491 e. The highest BCUT2D eigenvalue weighted by molar-refractivity contribution is 9.10. The lowest BCUT2D eigenvalue weighted by Crippen LogP contribution is -2.36. The van der Waals surface area contributed by atoms with E-state index in [1.807, 2.05) is 49.4 Å². The molecule has 0 aliphatic rings. The van der Waals surface area contributed by atoms with Gasteiger partial charge in [0.05, 0.1) is 46.2 Å². The zero-order chi connectivity index (χ0) is 31.4. The lowest BCUT2D eigenvalue weighted by molar-refractivity contribution is 0.0980. The zero-order valence-electron chi connectivity index (χ0n) is 24.4. The molecule has 0 fully saturated rings. The number of aryl methyl sites for hydroxylation is 1. The van der Waals surface area contributed by atoms with E-state index in [9.17, 15) is 13.2 Å².